The highest BCUT2D eigenvalue weighted by Gasteiger charge is 2.34. The first-order valence-electron chi connectivity index (χ1n) is 14.2. The smallest absolute Gasteiger partial charge is 0.253 e. The van der Waals surface area contributed by atoms with Crippen molar-refractivity contribution in [1.29, 1.82) is 0 Å². The van der Waals surface area contributed by atoms with Crippen LogP contribution >= 0.6 is 23.2 Å². The molecule has 0 unspecified atom stereocenters. The standard InChI is InChI=1S/C31H35Cl2F2N5O/c1-2-25-20-39(13-14-40(25)26-9-11-38(12-10-26)19-21-3-6-24(32)7-4-21)30-27(33)16-23(18-36-30)31(41)37-17-22-5-8-28(34)29(35)15-22/h3-8,15-16,18,25-26H,2,9-14,17,19-20H2,1H3,(H,37,41)/t25-/m0/s1. The maximum Gasteiger partial charge on any atom is 0.253 e. The van der Waals surface area contributed by atoms with Crippen LogP contribution in [0.4, 0.5) is 14.6 Å². The Morgan fingerprint density at radius 1 is 0.976 bits per heavy atom. The van der Waals surface area contributed by atoms with E-state index in [9.17, 15) is 13.6 Å². The number of carbonyl (C=O) groups excluding carboxylic acids is 1. The van der Waals surface area contributed by atoms with Crippen LogP contribution in [0.25, 0.3) is 0 Å². The Bertz CT molecular complexity index is 1350. The zero-order chi connectivity index (χ0) is 28.9. The SMILES string of the molecule is CC[C@H]1CN(c2ncc(C(=O)NCc3ccc(F)c(F)c3)cc2Cl)CCN1C1CCN(Cc2ccc(Cl)cc2)CC1. The van der Waals surface area contributed by atoms with Gasteiger partial charge >= 0.3 is 0 Å². The van der Waals surface area contributed by atoms with Gasteiger partial charge in [-0.05, 0) is 73.8 Å². The zero-order valence-corrected chi connectivity index (χ0v) is 24.6. The number of carbonyl (C=O) groups is 1. The van der Waals surface area contributed by atoms with Crippen LogP contribution < -0.4 is 10.2 Å². The third-order valence-corrected chi connectivity index (χ3v) is 8.70. The Labute approximate surface area is 250 Å². The van der Waals surface area contributed by atoms with Crippen LogP contribution in [0.3, 0.4) is 0 Å². The van der Waals surface area contributed by atoms with E-state index < -0.39 is 11.6 Å². The average molecular weight is 603 g/mol. The van der Waals surface area contributed by atoms with Crippen LogP contribution in [-0.4, -0.2) is 65.5 Å². The topological polar surface area (TPSA) is 51.7 Å². The highest BCUT2D eigenvalue weighted by atomic mass is 35.5. The van der Waals surface area contributed by atoms with Gasteiger partial charge in [-0.3, -0.25) is 14.6 Å². The first-order valence-corrected chi connectivity index (χ1v) is 14.9. The zero-order valence-electron chi connectivity index (χ0n) is 23.1. The second kappa shape index (κ2) is 13.5. The molecule has 2 aromatic carbocycles. The summed E-state index contributed by atoms with van der Waals surface area (Å²) in [6, 6.07) is 14.2. The Kier molecular flexibility index (Phi) is 9.75. The number of likely N-dealkylation sites (tertiary alicyclic amines) is 1. The van der Waals surface area contributed by atoms with Crippen molar-refractivity contribution in [3.63, 3.8) is 0 Å². The number of benzene rings is 2. The summed E-state index contributed by atoms with van der Waals surface area (Å²) in [6.07, 6.45) is 4.85. The molecule has 3 aromatic rings. The van der Waals surface area contributed by atoms with Gasteiger partial charge in [0, 0.05) is 56.0 Å². The molecule has 218 valence electrons. The Morgan fingerprint density at radius 3 is 2.39 bits per heavy atom. The predicted octanol–water partition coefficient (Wildman–Crippen LogP) is 6.16. The first kappa shape index (κ1) is 29.7. The van der Waals surface area contributed by atoms with E-state index in [4.69, 9.17) is 23.2 Å². The van der Waals surface area contributed by atoms with Gasteiger partial charge in [0.15, 0.2) is 11.6 Å². The lowest BCUT2D eigenvalue weighted by atomic mass is 9.98. The molecular weight excluding hydrogens is 567 g/mol. The van der Waals surface area contributed by atoms with Crippen molar-refractivity contribution < 1.29 is 13.6 Å². The third-order valence-electron chi connectivity index (χ3n) is 8.17. The van der Waals surface area contributed by atoms with E-state index in [-0.39, 0.29) is 12.5 Å². The molecule has 0 aliphatic carbocycles. The number of piperazine rings is 1. The van der Waals surface area contributed by atoms with Gasteiger partial charge in [0.1, 0.15) is 5.82 Å². The molecule has 1 amide bonds. The van der Waals surface area contributed by atoms with Crippen LogP contribution in [0.5, 0.6) is 0 Å². The Hall–Kier alpha value is -2.78. The van der Waals surface area contributed by atoms with Crippen LogP contribution in [0.2, 0.25) is 10.0 Å². The van der Waals surface area contributed by atoms with Crippen molar-refractivity contribution in [2.75, 3.05) is 37.6 Å². The van der Waals surface area contributed by atoms with Gasteiger partial charge in [-0.1, -0.05) is 48.3 Å². The number of pyridine rings is 1. The molecule has 2 fully saturated rings. The lowest BCUT2D eigenvalue weighted by molar-refractivity contribution is 0.0610. The second-order valence-corrected chi connectivity index (χ2v) is 11.7. The van der Waals surface area contributed by atoms with E-state index in [0.29, 0.717) is 34.1 Å². The lowest BCUT2D eigenvalue weighted by Crippen LogP contribution is -2.58. The molecule has 3 heterocycles. The quantitative estimate of drug-likeness (QED) is 0.335. The van der Waals surface area contributed by atoms with E-state index in [1.807, 2.05) is 12.1 Å². The highest BCUT2D eigenvalue weighted by Crippen LogP contribution is 2.30. The molecule has 0 spiro atoms. The third kappa shape index (κ3) is 7.36. The Balaban J connectivity index is 1.14. The van der Waals surface area contributed by atoms with Gasteiger partial charge in [0.2, 0.25) is 0 Å². The van der Waals surface area contributed by atoms with Crippen molar-refractivity contribution in [3.8, 4) is 0 Å². The lowest BCUT2D eigenvalue weighted by Gasteiger charge is -2.47. The molecule has 2 aliphatic heterocycles. The highest BCUT2D eigenvalue weighted by molar-refractivity contribution is 6.33. The number of rotatable bonds is 8. The fraction of sp³-hybridized carbons (Fsp3) is 0.419. The average Bonchev–Trinajstić information content (AvgIpc) is 2.99. The molecular formula is C31H35Cl2F2N5O. The van der Waals surface area contributed by atoms with Gasteiger partial charge in [-0.25, -0.2) is 13.8 Å². The minimum Gasteiger partial charge on any atom is -0.353 e. The molecule has 1 atom stereocenters. The van der Waals surface area contributed by atoms with Gasteiger partial charge in [0.25, 0.3) is 5.91 Å². The number of amides is 1. The molecule has 6 nitrogen and oxygen atoms in total. The van der Waals surface area contributed by atoms with E-state index in [1.54, 1.807) is 6.07 Å². The summed E-state index contributed by atoms with van der Waals surface area (Å²) in [4.78, 5) is 24.6. The molecule has 1 N–H and O–H groups in total. The summed E-state index contributed by atoms with van der Waals surface area (Å²) in [6.45, 7) is 7.99. The Morgan fingerprint density at radius 2 is 1.71 bits per heavy atom. The molecule has 0 bridgehead atoms. The predicted molar refractivity (Wildman–Crippen MR) is 160 cm³/mol. The molecule has 2 aliphatic rings. The number of aromatic nitrogens is 1. The normalized spacial score (nSPS) is 19.0. The van der Waals surface area contributed by atoms with Crippen molar-refractivity contribution in [3.05, 3.63) is 93.1 Å². The monoisotopic (exact) mass is 601 g/mol. The van der Waals surface area contributed by atoms with Crippen LogP contribution in [0.15, 0.2) is 54.7 Å². The fourth-order valence-electron chi connectivity index (χ4n) is 5.88. The summed E-state index contributed by atoms with van der Waals surface area (Å²) in [5.41, 5.74) is 2.07. The number of piperidine rings is 1. The fourth-order valence-corrected chi connectivity index (χ4v) is 6.30. The van der Waals surface area contributed by atoms with Crippen LogP contribution in [-0.2, 0) is 13.1 Å². The minimum atomic E-state index is -0.948. The summed E-state index contributed by atoms with van der Waals surface area (Å²) >= 11 is 12.7. The number of hydrogen-bond donors (Lipinski definition) is 1. The first-order chi connectivity index (χ1) is 19.8. The molecule has 5 rings (SSSR count). The van der Waals surface area contributed by atoms with E-state index >= 15 is 0 Å². The summed E-state index contributed by atoms with van der Waals surface area (Å²) in [5.74, 6) is -1.57. The number of hydrogen-bond acceptors (Lipinski definition) is 5. The molecule has 2 saturated heterocycles. The maximum absolute atomic E-state index is 13.5. The van der Waals surface area contributed by atoms with Crippen molar-refractivity contribution in [1.82, 2.24) is 20.1 Å². The van der Waals surface area contributed by atoms with Crippen molar-refractivity contribution in [2.45, 2.75) is 51.4 Å². The maximum atomic E-state index is 13.5. The van der Waals surface area contributed by atoms with Crippen molar-refractivity contribution in [2.24, 2.45) is 0 Å². The van der Waals surface area contributed by atoms with Gasteiger partial charge in [-0.15, -0.1) is 0 Å². The van der Waals surface area contributed by atoms with Crippen LogP contribution in [0.1, 0.15) is 47.7 Å². The molecule has 10 heteroatoms. The second-order valence-electron chi connectivity index (χ2n) is 10.8. The number of halogens is 4. The van der Waals surface area contributed by atoms with Gasteiger partial charge < -0.3 is 10.2 Å². The van der Waals surface area contributed by atoms with E-state index in [1.165, 1.54) is 17.8 Å². The summed E-state index contributed by atoms with van der Waals surface area (Å²) < 4.78 is 26.6. The number of nitrogens with zero attached hydrogens (tertiary/aromatic N) is 4. The number of anilines is 1. The molecule has 0 saturated carbocycles. The number of nitrogens with one attached hydrogen (secondary N) is 1. The summed E-state index contributed by atoms with van der Waals surface area (Å²) in [7, 11) is 0. The van der Waals surface area contributed by atoms with Gasteiger partial charge in [-0.2, -0.15) is 0 Å². The van der Waals surface area contributed by atoms with Gasteiger partial charge in [0.05, 0.1) is 10.6 Å². The van der Waals surface area contributed by atoms with Crippen molar-refractivity contribution >= 4 is 34.9 Å². The minimum absolute atomic E-state index is 0.0651. The van der Waals surface area contributed by atoms with E-state index in [0.717, 1.165) is 75.7 Å². The van der Waals surface area contributed by atoms with E-state index in [2.05, 4.69) is 44.1 Å². The largest absolute Gasteiger partial charge is 0.353 e. The van der Waals surface area contributed by atoms with Crippen LogP contribution in [0, 0.1) is 11.6 Å². The molecule has 0 radical (unpaired) electrons. The summed E-state index contributed by atoms with van der Waals surface area (Å²) in [5, 5.41) is 3.90. The molecule has 1 aromatic heterocycles. The molecule has 41 heavy (non-hydrogen) atoms.